The molecule has 1 aromatic rings. The third kappa shape index (κ3) is 3.93. The van der Waals surface area contributed by atoms with Gasteiger partial charge in [-0.25, -0.2) is 4.39 Å². The van der Waals surface area contributed by atoms with Gasteiger partial charge >= 0.3 is 0 Å². The van der Waals surface area contributed by atoms with Crippen molar-refractivity contribution in [3.8, 4) is 5.75 Å². The lowest BCUT2D eigenvalue weighted by Crippen LogP contribution is -2.37. The molecule has 3 nitrogen and oxygen atoms in total. The van der Waals surface area contributed by atoms with E-state index in [0.717, 1.165) is 13.0 Å². The Morgan fingerprint density at radius 3 is 2.90 bits per heavy atom. The molecule has 4 heteroatoms. The van der Waals surface area contributed by atoms with Crippen LogP contribution in [0.25, 0.3) is 0 Å². The second kappa shape index (κ2) is 7.04. The van der Waals surface area contributed by atoms with Gasteiger partial charge in [0.15, 0.2) is 0 Å². The zero-order valence-electron chi connectivity index (χ0n) is 12.3. The average Bonchev–Trinajstić information content (AvgIpc) is 2.40. The van der Waals surface area contributed by atoms with Crippen LogP contribution in [-0.4, -0.2) is 36.2 Å². The van der Waals surface area contributed by atoms with Crippen molar-refractivity contribution in [3.05, 3.63) is 29.6 Å². The molecule has 1 heterocycles. The van der Waals surface area contributed by atoms with Crippen LogP contribution in [0.2, 0.25) is 0 Å². The van der Waals surface area contributed by atoms with Gasteiger partial charge in [-0.2, -0.15) is 0 Å². The Labute approximate surface area is 120 Å². The number of hydrogen-bond acceptors (Lipinski definition) is 3. The molecule has 1 saturated heterocycles. The number of nitrogens with zero attached hydrogens (tertiary/aromatic N) is 1. The summed E-state index contributed by atoms with van der Waals surface area (Å²) in [7, 11) is 2.15. The Kier molecular flexibility index (Phi) is 5.38. The molecule has 0 saturated carbocycles. The number of aliphatic hydroxyl groups excluding tert-OH is 1. The van der Waals surface area contributed by atoms with E-state index in [-0.39, 0.29) is 0 Å². The van der Waals surface area contributed by atoms with Crippen LogP contribution >= 0.6 is 0 Å². The van der Waals surface area contributed by atoms with Crippen LogP contribution in [0.5, 0.6) is 5.75 Å². The van der Waals surface area contributed by atoms with Gasteiger partial charge < -0.3 is 14.7 Å². The Morgan fingerprint density at radius 2 is 2.25 bits per heavy atom. The summed E-state index contributed by atoms with van der Waals surface area (Å²) in [4.78, 5) is 2.38. The Hall–Kier alpha value is -1.13. The topological polar surface area (TPSA) is 32.7 Å². The van der Waals surface area contributed by atoms with Crippen molar-refractivity contribution in [2.75, 3.05) is 20.2 Å². The highest BCUT2D eigenvalue weighted by Gasteiger charge is 2.18. The molecule has 1 aromatic carbocycles. The minimum atomic E-state index is -0.792. The van der Waals surface area contributed by atoms with Gasteiger partial charge in [-0.3, -0.25) is 0 Å². The molecule has 0 aromatic heterocycles. The molecular formula is C16H24FNO2. The van der Waals surface area contributed by atoms with E-state index in [1.54, 1.807) is 19.1 Å². The van der Waals surface area contributed by atoms with E-state index >= 15 is 0 Å². The molecule has 0 amide bonds. The van der Waals surface area contributed by atoms with Crippen LogP contribution in [0.4, 0.5) is 4.39 Å². The number of piperidine rings is 1. The fraction of sp³-hybridized carbons (Fsp3) is 0.625. The summed E-state index contributed by atoms with van der Waals surface area (Å²) in [5.41, 5.74) is 0.310. The van der Waals surface area contributed by atoms with E-state index < -0.39 is 11.9 Å². The van der Waals surface area contributed by atoms with Gasteiger partial charge in [-0.05, 0) is 51.9 Å². The second-order valence-electron chi connectivity index (χ2n) is 5.63. The SMILES string of the molecule is C[C@H](O)c1ccc(OCCC2CCCCN2C)cc1F. The molecule has 1 N–H and O–H groups in total. The normalized spacial score (nSPS) is 21.7. The van der Waals surface area contributed by atoms with E-state index in [1.165, 1.54) is 25.3 Å². The molecule has 0 aliphatic carbocycles. The average molecular weight is 281 g/mol. The number of rotatable bonds is 5. The molecule has 2 rings (SSSR count). The molecule has 112 valence electrons. The van der Waals surface area contributed by atoms with Crippen molar-refractivity contribution in [1.29, 1.82) is 0 Å². The molecule has 0 spiro atoms. The Balaban J connectivity index is 1.83. The smallest absolute Gasteiger partial charge is 0.132 e. The Morgan fingerprint density at radius 1 is 1.45 bits per heavy atom. The fourth-order valence-electron chi connectivity index (χ4n) is 2.76. The third-order valence-electron chi connectivity index (χ3n) is 4.06. The number of benzene rings is 1. The highest BCUT2D eigenvalue weighted by Crippen LogP contribution is 2.23. The minimum Gasteiger partial charge on any atom is -0.493 e. The molecule has 1 unspecified atom stereocenters. The standard InChI is InChI=1S/C16H24FNO2/c1-12(19)15-7-6-14(11-16(15)17)20-10-8-13-5-3-4-9-18(13)2/h6-7,11-13,19H,3-5,8-10H2,1-2H3/t12-,13?/m0/s1. The van der Waals surface area contributed by atoms with Gasteiger partial charge in [-0.15, -0.1) is 0 Å². The number of ether oxygens (including phenoxy) is 1. The highest BCUT2D eigenvalue weighted by atomic mass is 19.1. The van der Waals surface area contributed by atoms with Crippen LogP contribution in [0.3, 0.4) is 0 Å². The molecule has 1 aliphatic rings. The largest absolute Gasteiger partial charge is 0.493 e. The predicted molar refractivity (Wildman–Crippen MR) is 77.4 cm³/mol. The quantitative estimate of drug-likeness (QED) is 0.900. The maximum atomic E-state index is 13.7. The first-order chi connectivity index (χ1) is 9.58. The number of hydrogen-bond donors (Lipinski definition) is 1. The maximum Gasteiger partial charge on any atom is 0.132 e. The molecule has 0 bridgehead atoms. The number of aliphatic hydroxyl groups is 1. The summed E-state index contributed by atoms with van der Waals surface area (Å²) in [5.74, 6) is 0.123. The second-order valence-corrected chi connectivity index (χ2v) is 5.63. The lowest BCUT2D eigenvalue weighted by atomic mass is 10.0. The summed E-state index contributed by atoms with van der Waals surface area (Å²) in [6.07, 6.45) is 3.96. The van der Waals surface area contributed by atoms with E-state index in [9.17, 15) is 9.50 Å². The van der Waals surface area contributed by atoms with Gasteiger partial charge in [0.1, 0.15) is 11.6 Å². The van der Waals surface area contributed by atoms with E-state index in [4.69, 9.17) is 4.74 Å². The number of likely N-dealkylation sites (tertiary alicyclic amines) is 1. The first-order valence-electron chi connectivity index (χ1n) is 7.38. The van der Waals surface area contributed by atoms with Crippen molar-refractivity contribution >= 4 is 0 Å². The molecule has 20 heavy (non-hydrogen) atoms. The zero-order valence-corrected chi connectivity index (χ0v) is 12.3. The molecule has 1 fully saturated rings. The number of halogens is 1. The maximum absolute atomic E-state index is 13.7. The summed E-state index contributed by atoms with van der Waals surface area (Å²) in [6.45, 7) is 3.31. The fourth-order valence-corrected chi connectivity index (χ4v) is 2.76. The molecule has 2 atom stereocenters. The van der Waals surface area contributed by atoms with Crippen LogP contribution < -0.4 is 4.74 Å². The van der Waals surface area contributed by atoms with E-state index in [1.807, 2.05) is 0 Å². The lowest BCUT2D eigenvalue weighted by molar-refractivity contribution is 0.153. The minimum absolute atomic E-state index is 0.310. The van der Waals surface area contributed by atoms with Gasteiger partial charge in [-0.1, -0.05) is 6.42 Å². The first kappa shape index (κ1) is 15.3. The first-order valence-corrected chi connectivity index (χ1v) is 7.38. The van der Waals surface area contributed by atoms with Crippen LogP contribution in [0.15, 0.2) is 18.2 Å². The van der Waals surface area contributed by atoms with Gasteiger partial charge in [0.05, 0.1) is 12.7 Å². The lowest BCUT2D eigenvalue weighted by Gasteiger charge is -2.32. The summed E-state index contributed by atoms with van der Waals surface area (Å²) in [5, 5.41) is 9.38. The molecule has 1 aliphatic heterocycles. The molecule has 0 radical (unpaired) electrons. The van der Waals surface area contributed by atoms with Crippen molar-refractivity contribution < 1.29 is 14.2 Å². The van der Waals surface area contributed by atoms with Crippen LogP contribution in [0.1, 0.15) is 44.3 Å². The van der Waals surface area contributed by atoms with E-state index in [0.29, 0.717) is 24.0 Å². The van der Waals surface area contributed by atoms with E-state index in [2.05, 4.69) is 11.9 Å². The van der Waals surface area contributed by atoms with Crippen molar-refractivity contribution in [2.45, 2.75) is 44.8 Å². The van der Waals surface area contributed by atoms with Crippen molar-refractivity contribution in [2.24, 2.45) is 0 Å². The van der Waals surface area contributed by atoms with Gasteiger partial charge in [0.2, 0.25) is 0 Å². The van der Waals surface area contributed by atoms with Gasteiger partial charge in [0.25, 0.3) is 0 Å². The zero-order chi connectivity index (χ0) is 14.5. The summed E-state index contributed by atoms with van der Waals surface area (Å²) < 4.78 is 19.3. The highest BCUT2D eigenvalue weighted by molar-refractivity contribution is 5.29. The summed E-state index contributed by atoms with van der Waals surface area (Å²) in [6, 6.07) is 5.23. The molecular weight excluding hydrogens is 257 g/mol. The van der Waals surface area contributed by atoms with Crippen LogP contribution in [0, 0.1) is 5.82 Å². The Bertz CT molecular complexity index is 436. The third-order valence-corrected chi connectivity index (χ3v) is 4.06. The van der Waals surface area contributed by atoms with Crippen molar-refractivity contribution in [3.63, 3.8) is 0 Å². The van der Waals surface area contributed by atoms with Crippen LogP contribution in [-0.2, 0) is 0 Å². The van der Waals surface area contributed by atoms with Crippen molar-refractivity contribution in [1.82, 2.24) is 4.90 Å². The van der Waals surface area contributed by atoms with Gasteiger partial charge in [0, 0.05) is 17.7 Å². The predicted octanol–water partition coefficient (Wildman–Crippen LogP) is 3.13. The summed E-state index contributed by atoms with van der Waals surface area (Å²) >= 11 is 0. The monoisotopic (exact) mass is 281 g/mol.